The molecular weight excluding hydrogens is 388 g/mol. The van der Waals surface area contributed by atoms with Gasteiger partial charge < -0.3 is 14.4 Å². The molecule has 0 spiro atoms. The van der Waals surface area contributed by atoms with Gasteiger partial charge >= 0.3 is 0 Å². The number of fused-ring (bicyclic) bond motifs is 1. The molecule has 2 amide bonds. The van der Waals surface area contributed by atoms with Gasteiger partial charge in [-0.25, -0.2) is 0 Å². The van der Waals surface area contributed by atoms with Gasteiger partial charge in [-0.1, -0.05) is 23.1 Å². The number of nitrogens with one attached hydrogen (secondary N) is 1. The van der Waals surface area contributed by atoms with E-state index in [1.807, 2.05) is 4.90 Å². The van der Waals surface area contributed by atoms with Crippen LogP contribution in [0, 0.1) is 0 Å². The molecule has 2 aliphatic rings. The zero-order valence-corrected chi connectivity index (χ0v) is 16.1. The second kappa shape index (κ2) is 8.13. The Morgan fingerprint density at radius 1 is 1.15 bits per heavy atom. The van der Waals surface area contributed by atoms with E-state index in [9.17, 15) is 9.59 Å². The van der Waals surface area contributed by atoms with Crippen LogP contribution in [0.25, 0.3) is 0 Å². The van der Waals surface area contributed by atoms with Crippen molar-refractivity contribution in [3.05, 3.63) is 23.8 Å². The Labute approximate surface area is 164 Å². The third kappa shape index (κ3) is 4.33. The van der Waals surface area contributed by atoms with E-state index in [2.05, 4.69) is 15.5 Å². The fraction of sp³-hybridized carbons (Fsp3) is 0.412. The topological polar surface area (TPSA) is 93.7 Å². The highest BCUT2D eigenvalue weighted by atomic mass is 32.2. The van der Waals surface area contributed by atoms with Gasteiger partial charge in [-0.05, 0) is 37.5 Å². The van der Waals surface area contributed by atoms with Crippen LogP contribution in [0.5, 0.6) is 11.5 Å². The number of piperidine rings is 1. The average Bonchev–Trinajstić information content (AvgIpc) is 3.35. The Morgan fingerprint density at radius 2 is 1.96 bits per heavy atom. The number of anilines is 1. The molecule has 0 bridgehead atoms. The van der Waals surface area contributed by atoms with Crippen molar-refractivity contribution < 1.29 is 19.1 Å². The maximum absolute atomic E-state index is 12.4. The molecule has 0 unspecified atom stereocenters. The van der Waals surface area contributed by atoms with Crippen LogP contribution in [0.15, 0.2) is 22.5 Å². The molecule has 0 aliphatic carbocycles. The maximum atomic E-state index is 12.4. The Kier molecular flexibility index (Phi) is 5.44. The van der Waals surface area contributed by atoms with Crippen molar-refractivity contribution in [2.24, 2.45) is 0 Å². The average molecular weight is 406 g/mol. The lowest BCUT2D eigenvalue weighted by molar-refractivity contribution is -0.129. The van der Waals surface area contributed by atoms with E-state index in [0.717, 1.165) is 25.9 Å². The highest BCUT2D eigenvalue weighted by molar-refractivity contribution is 8.01. The summed E-state index contributed by atoms with van der Waals surface area (Å²) in [6, 6.07) is 4.99. The van der Waals surface area contributed by atoms with E-state index in [-0.39, 0.29) is 18.6 Å². The SMILES string of the molecule is O=C(Nc1nnc(SCC(=O)N2CCCCC2)s1)c1ccc2c(c1)OCO2. The zero-order valence-electron chi connectivity index (χ0n) is 14.5. The summed E-state index contributed by atoms with van der Waals surface area (Å²) in [5, 5.41) is 11.1. The molecule has 1 aromatic heterocycles. The molecule has 3 heterocycles. The Morgan fingerprint density at radius 3 is 2.81 bits per heavy atom. The second-order valence-electron chi connectivity index (χ2n) is 6.13. The number of carbonyl (C=O) groups is 2. The summed E-state index contributed by atoms with van der Waals surface area (Å²) < 4.78 is 11.2. The van der Waals surface area contributed by atoms with E-state index < -0.39 is 0 Å². The van der Waals surface area contributed by atoms with Gasteiger partial charge in [0.05, 0.1) is 5.75 Å². The number of hydrogen-bond donors (Lipinski definition) is 1. The van der Waals surface area contributed by atoms with Gasteiger partial charge in [0.25, 0.3) is 5.91 Å². The van der Waals surface area contributed by atoms with Gasteiger partial charge in [0.15, 0.2) is 15.8 Å². The third-order valence-electron chi connectivity index (χ3n) is 4.29. The van der Waals surface area contributed by atoms with Gasteiger partial charge in [-0.15, -0.1) is 10.2 Å². The predicted octanol–water partition coefficient (Wildman–Crippen LogP) is 2.62. The molecule has 0 atom stereocenters. The standard InChI is InChI=1S/C17H18N4O4S2/c22-14(21-6-2-1-3-7-21)9-26-17-20-19-16(27-17)18-15(23)11-4-5-12-13(8-11)25-10-24-12/h4-5,8H,1-3,6-7,9-10H2,(H,18,19,23). The minimum absolute atomic E-state index is 0.126. The summed E-state index contributed by atoms with van der Waals surface area (Å²) in [4.78, 5) is 26.5. The van der Waals surface area contributed by atoms with Crippen molar-refractivity contribution in [2.45, 2.75) is 23.6 Å². The molecule has 142 valence electrons. The smallest absolute Gasteiger partial charge is 0.257 e. The quantitative estimate of drug-likeness (QED) is 0.602. The molecule has 2 aliphatic heterocycles. The lowest BCUT2D eigenvalue weighted by atomic mass is 10.1. The van der Waals surface area contributed by atoms with E-state index in [4.69, 9.17) is 9.47 Å². The lowest BCUT2D eigenvalue weighted by Crippen LogP contribution is -2.36. The van der Waals surface area contributed by atoms with E-state index >= 15 is 0 Å². The lowest BCUT2D eigenvalue weighted by Gasteiger charge is -2.26. The Bertz CT molecular complexity index is 851. The van der Waals surface area contributed by atoms with E-state index in [1.54, 1.807) is 18.2 Å². The summed E-state index contributed by atoms with van der Waals surface area (Å²) in [6.45, 7) is 1.84. The van der Waals surface area contributed by atoms with Crippen LogP contribution < -0.4 is 14.8 Å². The molecule has 4 rings (SSSR count). The minimum Gasteiger partial charge on any atom is -0.454 e. The number of nitrogens with zero attached hydrogens (tertiary/aromatic N) is 3. The number of carbonyl (C=O) groups excluding carboxylic acids is 2. The van der Waals surface area contributed by atoms with Crippen LogP contribution in [-0.2, 0) is 4.79 Å². The number of thioether (sulfide) groups is 1. The number of aromatic nitrogens is 2. The summed E-state index contributed by atoms with van der Waals surface area (Å²) >= 11 is 2.60. The van der Waals surface area contributed by atoms with Crippen molar-refractivity contribution in [2.75, 3.05) is 31.0 Å². The molecular formula is C17H18N4O4S2. The number of hydrogen-bond acceptors (Lipinski definition) is 8. The molecule has 8 nitrogen and oxygen atoms in total. The molecule has 10 heteroatoms. The van der Waals surface area contributed by atoms with Crippen molar-refractivity contribution in [3.63, 3.8) is 0 Å². The first kappa shape index (κ1) is 18.1. The molecule has 2 aromatic rings. The summed E-state index contributed by atoms with van der Waals surface area (Å²) in [6.07, 6.45) is 3.34. The largest absolute Gasteiger partial charge is 0.454 e. The maximum Gasteiger partial charge on any atom is 0.257 e. The normalized spacial score (nSPS) is 15.6. The van der Waals surface area contributed by atoms with Gasteiger partial charge in [-0.2, -0.15) is 0 Å². The fourth-order valence-corrected chi connectivity index (χ4v) is 4.53. The second-order valence-corrected chi connectivity index (χ2v) is 8.33. The van der Waals surface area contributed by atoms with Gasteiger partial charge in [0, 0.05) is 18.7 Å². The first-order chi connectivity index (χ1) is 13.2. The number of amides is 2. The molecule has 1 N–H and O–H groups in total. The van der Waals surface area contributed by atoms with Gasteiger partial charge in [-0.3, -0.25) is 14.9 Å². The zero-order chi connectivity index (χ0) is 18.6. The first-order valence-corrected chi connectivity index (χ1v) is 10.4. The number of likely N-dealkylation sites (tertiary alicyclic amines) is 1. The summed E-state index contributed by atoms with van der Waals surface area (Å²) in [5.41, 5.74) is 0.448. The number of ether oxygens (including phenoxy) is 2. The van der Waals surface area contributed by atoms with Crippen molar-refractivity contribution >= 4 is 40.0 Å². The van der Waals surface area contributed by atoms with Crippen LogP contribution in [0.4, 0.5) is 5.13 Å². The van der Waals surface area contributed by atoms with Gasteiger partial charge in [0.2, 0.25) is 17.8 Å². The van der Waals surface area contributed by atoms with Gasteiger partial charge in [0.1, 0.15) is 0 Å². The molecule has 27 heavy (non-hydrogen) atoms. The van der Waals surface area contributed by atoms with Crippen molar-refractivity contribution in [1.82, 2.24) is 15.1 Å². The Balaban J connectivity index is 1.31. The van der Waals surface area contributed by atoms with E-state index in [0.29, 0.717) is 32.3 Å². The van der Waals surface area contributed by atoms with Crippen molar-refractivity contribution in [1.29, 1.82) is 0 Å². The molecule has 1 aromatic carbocycles. The number of rotatable bonds is 5. The van der Waals surface area contributed by atoms with Crippen LogP contribution in [0.1, 0.15) is 29.6 Å². The van der Waals surface area contributed by atoms with Crippen LogP contribution in [0.3, 0.4) is 0 Å². The monoisotopic (exact) mass is 406 g/mol. The summed E-state index contributed by atoms with van der Waals surface area (Å²) in [7, 11) is 0. The first-order valence-electron chi connectivity index (χ1n) is 8.64. The minimum atomic E-state index is -0.301. The molecule has 0 radical (unpaired) electrons. The highest BCUT2D eigenvalue weighted by Crippen LogP contribution is 2.33. The molecule has 1 fully saturated rings. The Hall–Kier alpha value is -2.33. The van der Waals surface area contributed by atoms with E-state index in [1.165, 1.54) is 29.5 Å². The van der Waals surface area contributed by atoms with Crippen LogP contribution in [0.2, 0.25) is 0 Å². The highest BCUT2D eigenvalue weighted by Gasteiger charge is 2.19. The summed E-state index contributed by atoms with van der Waals surface area (Å²) in [5.74, 6) is 1.34. The van der Waals surface area contributed by atoms with Crippen LogP contribution >= 0.6 is 23.1 Å². The predicted molar refractivity (Wildman–Crippen MR) is 102 cm³/mol. The van der Waals surface area contributed by atoms with Crippen LogP contribution in [-0.4, -0.2) is 52.5 Å². The number of benzene rings is 1. The molecule has 0 saturated carbocycles. The third-order valence-corrected chi connectivity index (χ3v) is 6.25. The van der Waals surface area contributed by atoms with Crippen molar-refractivity contribution in [3.8, 4) is 11.5 Å². The molecule has 1 saturated heterocycles. The fourth-order valence-electron chi connectivity index (χ4n) is 2.88.